The van der Waals surface area contributed by atoms with Crippen molar-refractivity contribution in [1.29, 1.82) is 0 Å². The molecule has 2 heterocycles. The number of nitrogens with zero attached hydrogens (tertiary/aromatic N) is 2. The lowest BCUT2D eigenvalue weighted by atomic mass is 9.90. The van der Waals surface area contributed by atoms with E-state index < -0.39 is 11.8 Å². The summed E-state index contributed by atoms with van der Waals surface area (Å²) in [4.78, 5) is 31.0. The van der Waals surface area contributed by atoms with Crippen molar-refractivity contribution in [1.82, 2.24) is 9.88 Å². The fraction of sp³-hybridized carbons (Fsp3) is 0.350. The number of aromatic nitrogens is 1. The van der Waals surface area contributed by atoms with Crippen molar-refractivity contribution in [3.63, 3.8) is 0 Å². The van der Waals surface area contributed by atoms with Gasteiger partial charge in [-0.1, -0.05) is 19.1 Å². The molecule has 1 fully saturated rings. The molecule has 7 heteroatoms. The zero-order valence-corrected chi connectivity index (χ0v) is 15.5. The number of phenols is 1. The minimum atomic E-state index is -0.696. The van der Waals surface area contributed by atoms with Crippen molar-refractivity contribution < 1.29 is 14.7 Å². The first-order chi connectivity index (χ1) is 12.8. The van der Waals surface area contributed by atoms with Crippen LogP contribution >= 0.6 is 0 Å². The van der Waals surface area contributed by atoms with E-state index in [1.54, 1.807) is 42.2 Å². The van der Waals surface area contributed by atoms with Crippen LogP contribution in [0, 0.1) is 12.8 Å². The van der Waals surface area contributed by atoms with E-state index in [9.17, 15) is 14.7 Å². The molecule has 1 aliphatic rings. The van der Waals surface area contributed by atoms with Gasteiger partial charge in [-0.05, 0) is 55.0 Å². The number of hydrogen-bond donors (Lipinski definition) is 3. The van der Waals surface area contributed by atoms with E-state index in [1.807, 2.05) is 0 Å². The van der Waals surface area contributed by atoms with Gasteiger partial charge in [-0.3, -0.25) is 9.59 Å². The van der Waals surface area contributed by atoms with Gasteiger partial charge in [0.15, 0.2) is 0 Å². The highest BCUT2D eigenvalue weighted by atomic mass is 16.3. The van der Waals surface area contributed by atoms with Crippen LogP contribution in [0.25, 0.3) is 0 Å². The van der Waals surface area contributed by atoms with Crippen LogP contribution in [0.1, 0.15) is 36.9 Å². The number of nitrogens with two attached hydrogens (primary N) is 1. The fourth-order valence-electron chi connectivity index (χ4n) is 3.39. The number of carbonyl (C=O) groups excluding carboxylic acids is 2. The molecule has 4 N–H and O–H groups in total. The SMILES string of the molecule is Cc1cc(NC(=O)C(=O)N2C[C@@H](C)CC[C@@H]2c2ccc(O)cc2)cnc1N. The monoisotopic (exact) mass is 368 g/mol. The van der Waals surface area contributed by atoms with Crippen LogP contribution in [0.2, 0.25) is 0 Å². The highest BCUT2D eigenvalue weighted by molar-refractivity contribution is 6.39. The zero-order chi connectivity index (χ0) is 19.6. The first-order valence-electron chi connectivity index (χ1n) is 8.98. The number of benzene rings is 1. The molecule has 0 saturated carbocycles. The first-order valence-corrected chi connectivity index (χ1v) is 8.98. The van der Waals surface area contributed by atoms with Crippen LogP contribution in [0.3, 0.4) is 0 Å². The van der Waals surface area contributed by atoms with E-state index in [0.29, 0.717) is 24.0 Å². The highest BCUT2D eigenvalue weighted by Crippen LogP contribution is 2.34. The second-order valence-corrected chi connectivity index (χ2v) is 7.13. The van der Waals surface area contributed by atoms with E-state index in [4.69, 9.17) is 5.73 Å². The average molecular weight is 368 g/mol. The molecule has 0 unspecified atom stereocenters. The lowest BCUT2D eigenvalue weighted by molar-refractivity contribution is -0.146. The Balaban J connectivity index is 1.79. The Labute approximate surface area is 158 Å². The minimum Gasteiger partial charge on any atom is -0.508 e. The molecule has 2 amide bonds. The molecular formula is C20H24N4O3. The summed E-state index contributed by atoms with van der Waals surface area (Å²) in [6.45, 7) is 4.36. The molecule has 0 radical (unpaired) electrons. The van der Waals surface area contributed by atoms with Gasteiger partial charge in [0.2, 0.25) is 0 Å². The summed E-state index contributed by atoms with van der Waals surface area (Å²) in [5, 5.41) is 12.1. The lowest BCUT2D eigenvalue weighted by Gasteiger charge is -2.38. The van der Waals surface area contributed by atoms with Gasteiger partial charge < -0.3 is 21.1 Å². The van der Waals surface area contributed by atoms with Gasteiger partial charge >= 0.3 is 11.8 Å². The molecule has 0 aliphatic carbocycles. The number of aromatic hydroxyl groups is 1. The molecule has 142 valence electrons. The number of carbonyl (C=O) groups is 2. The molecule has 1 saturated heterocycles. The van der Waals surface area contributed by atoms with Gasteiger partial charge in [-0.2, -0.15) is 0 Å². The maximum atomic E-state index is 12.9. The summed E-state index contributed by atoms with van der Waals surface area (Å²) < 4.78 is 0. The standard InChI is InChI=1S/C20H24N4O3/c1-12-3-8-17(14-4-6-16(25)7-5-14)24(11-12)20(27)19(26)23-15-9-13(2)18(21)22-10-15/h4-7,9-10,12,17,25H,3,8,11H2,1-2H3,(H2,21,22)(H,23,26)/t12-,17+/m0/s1. The maximum Gasteiger partial charge on any atom is 0.313 e. The van der Waals surface area contributed by atoms with Gasteiger partial charge in [0.25, 0.3) is 0 Å². The van der Waals surface area contributed by atoms with E-state index in [0.717, 1.165) is 24.0 Å². The predicted molar refractivity (Wildman–Crippen MR) is 103 cm³/mol. The zero-order valence-electron chi connectivity index (χ0n) is 15.5. The van der Waals surface area contributed by atoms with Crippen molar-refractivity contribution in [3.8, 4) is 5.75 Å². The van der Waals surface area contributed by atoms with E-state index in [-0.39, 0.29) is 11.8 Å². The third-order valence-electron chi connectivity index (χ3n) is 4.93. The molecule has 1 aliphatic heterocycles. The third-order valence-corrected chi connectivity index (χ3v) is 4.93. The number of phenolic OH excluding ortho intramolecular Hbond substituents is 1. The highest BCUT2D eigenvalue weighted by Gasteiger charge is 2.34. The van der Waals surface area contributed by atoms with Crippen molar-refractivity contribution in [2.45, 2.75) is 32.7 Å². The van der Waals surface area contributed by atoms with E-state index >= 15 is 0 Å². The van der Waals surface area contributed by atoms with Crippen LogP contribution < -0.4 is 11.1 Å². The van der Waals surface area contributed by atoms with Crippen LogP contribution in [0.5, 0.6) is 5.75 Å². The largest absolute Gasteiger partial charge is 0.508 e. The van der Waals surface area contributed by atoms with Crippen molar-refractivity contribution >= 4 is 23.3 Å². The molecule has 0 spiro atoms. The minimum absolute atomic E-state index is 0.171. The van der Waals surface area contributed by atoms with E-state index in [1.165, 1.54) is 6.20 Å². The molecule has 3 rings (SSSR count). The Morgan fingerprint density at radius 2 is 1.96 bits per heavy atom. The summed E-state index contributed by atoms with van der Waals surface area (Å²) >= 11 is 0. The number of aryl methyl sites for hydroxylation is 1. The summed E-state index contributed by atoms with van der Waals surface area (Å²) in [7, 11) is 0. The van der Waals surface area contributed by atoms with Crippen LogP contribution in [0.4, 0.5) is 11.5 Å². The van der Waals surface area contributed by atoms with Crippen LogP contribution in [-0.4, -0.2) is 33.3 Å². The second kappa shape index (κ2) is 7.65. The Morgan fingerprint density at radius 3 is 2.63 bits per heavy atom. The normalized spacial score (nSPS) is 19.6. The Kier molecular flexibility index (Phi) is 5.30. The Bertz CT molecular complexity index is 851. The Morgan fingerprint density at radius 1 is 1.26 bits per heavy atom. The van der Waals surface area contributed by atoms with Gasteiger partial charge in [0.1, 0.15) is 11.6 Å². The predicted octanol–water partition coefficient (Wildman–Crippen LogP) is 2.62. The number of anilines is 2. The molecule has 7 nitrogen and oxygen atoms in total. The summed E-state index contributed by atoms with van der Waals surface area (Å²) in [6, 6.07) is 8.27. The van der Waals surface area contributed by atoms with Crippen LogP contribution in [-0.2, 0) is 9.59 Å². The smallest absolute Gasteiger partial charge is 0.313 e. The van der Waals surface area contributed by atoms with Gasteiger partial charge in [0.05, 0.1) is 17.9 Å². The average Bonchev–Trinajstić information content (AvgIpc) is 2.65. The number of nitrogens with one attached hydrogen (secondary N) is 1. The number of rotatable bonds is 2. The molecule has 0 bridgehead atoms. The fourth-order valence-corrected chi connectivity index (χ4v) is 3.39. The maximum absolute atomic E-state index is 12.9. The third kappa shape index (κ3) is 4.19. The molecular weight excluding hydrogens is 344 g/mol. The van der Waals surface area contributed by atoms with E-state index in [2.05, 4.69) is 17.2 Å². The second-order valence-electron chi connectivity index (χ2n) is 7.13. The Hall–Kier alpha value is -3.09. The molecule has 2 aromatic rings. The number of pyridine rings is 1. The van der Waals surface area contributed by atoms with Gasteiger partial charge in [-0.25, -0.2) is 4.98 Å². The number of likely N-dealkylation sites (tertiary alicyclic amines) is 1. The summed E-state index contributed by atoms with van der Waals surface area (Å²) in [5.41, 5.74) is 7.76. The number of amides is 2. The van der Waals surface area contributed by atoms with Crippen LogP contribution in [0.15, 0.2) is 36.5 Å². The molecule has 1 aromatic carbocycles. The molecule has 2 atom stereocenters. The molecule has 1 aromatic heterocycles. The van der Waals surface area contributed by atoms with Gasteiger partial charge in [-0.15, -0.1) is 0 Å². The first kappa shape index (κ1) is 18.7. The van der Waals surface area contributed by atoms with Crippen molar-refractivity contribution in [2.24, 2.45) is 5.92 Å². The van der Waals surface area contributed by atoms with Gasteiger partial charge in [0, 0.05) is 6.54 Å². The summed E-state index contributed by atoms with van der Waals surface area (Å²) in [6.07, 6.45) is 3.18. The summed E-state index contributed by atoms with van der Waals surface area (Å²) in [5.74, 6) is -0.398. The van der Waals surface area contributed by atoms with Crippen molar-refractivity contribution in [3.05, 3.63) is 47.7 Å². The quantitative estimate of drug-likeness (QED) is 0.706. The topological polar surface area (TPSA) is 109 Å². The molecule has 27 heavy (non-hydrogen) atoms. The number of piperidine rings is 1. The van der Waals surface area contributed by atoms with Crippen molar-refractivity contribution in [2.75, 3.05) is 17.6 Å². The number of hydrogen-bond acceptors (Lipinski definition) is 5. The lowest BCUT2D eigenvalue weighted by Crippen LogP contribution is -2.46. The number of nitrogen functional groups attached to an aromatic ring is 1.